The first-order valence-corrected chi connectivity index (χ1v) is 9.18. The number of para-hydroxylation sites is 1. The zero-order valence-corrected chi connectivity index (χ0v) is 16.1. The molecule has 4 nitrogen and oxygen atoms in total. The van der Waals surface area contributed by atoms with Crippen LogP contribution >= 0.6 is 11.3 Å². The van der Waals surface area contributed by atoms with Crippen molar-refractivity contribution in [1.82, 2.24) is 9.88 Å². The zero-order valence-electron chi connectivity index (χ0n) is 15.3. The number of aromatic nitrogens is 1. The summed E-state index contributed by atoms with van der Waals surface area (Å²) in [6, 6.07) is 9.29. The lowest BCUT2D eigenvalue weighted by atomic mass is 10.2. The van der Waals surface area contributed by atoms with Gasteiger partial charge in [-0.25, -0.2) is 13.8 Å². The van der Waals surface area contributed by atoms with Crippen LogP contribution in [0.2, 0.25) is 0 Å². The van der Waals surface area contributed by atoms with Gasteiger partial charge in [0.25, 0.3) is 0 Å². The van der Waals surface area contributed by atoms with E-state index in [1.54, 1.807) is 14.2 Å². The van der Waals surface area contributed by atoms with Gasteiger partial charge in [0.1, 0.15) is 16.6 Å². The second kappa shape index (κ2) is 8.45. The van der Waals surface area contributed by atoms with E-state index >= 15 is 0 Å². The summed E-state index contributed by atoms with van der Waals surface area (Å²) in [6.07, 6.45) is 0. The van der Waals surface area contributed by atoms with E-state index in [-0.39, 0.29) is 0 Å². The zero-order chi connectivity index (χ0) is 19.4. The average Bonchev–Trinajstić information content (AvgIpc) is 3.11. The molecule has 0 amide bonds. The van der Waals surface area contributed by atoms with E-state index in [2.05, 4.69) is 4.98 Å². The van der Waals surface area contributed by atoms with Crippen LogP contribution in [-0.2, 0) is 13.1 Å². The third-order valence-corrected chi connectivity index (χ3v) is 5.00. The van der Waals surface area contributed by atoms with E-state index in [0.717, 1.165) is 22.3 Å². The molecule has 1 aromatic heterocycles. The normalized spacial score (nSPS) is 11.0. The first kappa shape index (κ1) is 19.3. The molecule has 0 spiro atoms. The quantitative estimate of drug-likeness (QED) is 0.584. The molecule has 7 heteroatoms. The highest BCUT2D eigenvalue weighted by molar-refractivity contribution is 7.13. The predicted octanol–water partition coefficient (Wildman–Crippen LogP) is 4.74. The number of halogens is 2. The molecule has 27 heavy (non-hydrogen) atoms. The van der Waals surface area contributed by atoms with E-state index in [1.807, 2.05) is 35.5 Å². The molecule has 0 saturated heterocycles. The van der Waals surface area contributed by atoms with Gasteiger partial charge in [0.05, 0.1) is 25.5 Å². The topological polar surface area (TPSA) is 34.6 Å². The maximum Gasteiger partial charge on any atom is 0.170 e. The van der Waals surface area contributed by atoms with Gasteiger partial charge in [0.15, 0.2) is 11.5 Å². The minimum atomic E-state index is -0.574. The number of rotatable bonds is 7. The summed E-state index contributed by atoms with van der Waals surface area (Å²) < 4.78 is 37.7. The molecule has 3 rings (SSSR count). The minimum Gasteiger partial charge on any atom is -0.493 e. The van der Waals surface area contributed by atoms with Crippen molar-refractivity contribution in [2.45, 2.75) is 13.1 Å². The van der Waals surface area contributed by atoms with E-state index in [0.29, 0.717) is 30.2 Å². The molecule has 3 aromatic rings. The van der Waals surface area contributed by atoms with Crippen molar-refractivity contribution in [3.8, 4) is 22.1 Å². The van der Waals surface area contributed by atoms with Crippen molar-refractivity contribution in [2.75, 3.05) is 21.3 Å². The Bertz CT molecular complexity index is 930. The predicted molar refractivity (Wildman–Crippen MR) is 102 cm³/mol. The number of benzene rings is 2. The lowest BCUT2D eigenvalue weighted by Gasteiger charge is -2.16. The van der Waals surface area contributed by atoms with Gasteiger partial charge in [0, 0.05) is 30.1 Å². The lowest BCUT2D eigenvalue weighted by Crippen LogP contribution is -2.18. The maximum atomic E-state index is 13.8. The van der Waals surface area contributed by atoms with Crippen LogP contribution in [0.25, 0.3) is 10.6 Å². The molecule has 142 valence electrons. The number of methoxy groups -OCH3 is 2. The molecule has 0 aliphatic heterocycles. The van der Waals surface area contributed by atoms with Crippen molar-refractivity contribution >= 4 is 11.3 Å². The van der Waals surface area contributed by atoms with Gasteiger partial charge in [-0.15, -0.1) is 11.3 Å². The van der Waals surface area contributed by atoms with Crippen LogP contribution in [0.3, 0.4) is 0 Å². The van der Waals surface area contributed by atoms with E-state index in [9.17, 15) is 8.78 Å². The van der Waals surface area contributed by atoms with E-state index in [1.165, 1.54) is 23.5 Å². The number of hydrogen-bond donors (Lipinski definition) is 0. The fourth-order valence-electron chi connectivity index (χ4n) is 2.83. The Balaban J connectivity index is 1.74. The molecule has 2 aromatic carbocycles. The molecular formula is C20H20F2N2O2S. The van der Waals surface area contributed by atoms with Crippen LogP contribution in [0.5, 0.6) is 11.5 Å². The smallest absolute Gasteiger partial charge is 0.170 e. The Morgan fingerprint density at radius 2 is 1.89 bits per heavy atom. The summed E-state index contributed by atoms with van der Waals surface area (Å²) >= 11 is 1.51. The molecule has 0 unspecified atom stereocenters. The third kappa shape index (κ3) is 4.43. The highest BCUT2D eigenvalue weighted by atomic mass is 32.1. The summed E-state index contributed by atoms with van der Waals surface area (Å²) in [5.74, 6) is 0.176. The highest BCUT2D eigenvalue weighted by Crippen LogP contribution is 2.39. The van der Waals surface area contributed by atoms with Gasteiger partial charge >= 0.3 is 0 Å². The average molecular weight is 390 g/mol. The van der Waals surface area contributed by atoms with Gasteiger partial charge in [-0.1, -0.05) is 12.1 Å². The highest BCUT2D eigenvalue weighted by Gasteiger charge is 2.15. The lowest BCUT2D eigenvalue weighted by molar-refractivity contribution is 0.310. The van der Waals surface area contributed by atoms with Gasteiger partial charge in [0.2, 0.25) is 0 Å². The van der Waals surface area contributed by atoms with E-state index in [4.69, 9.17) is 9.47 Å². The van der Waals surface area contributed by atoms with E-state index < -0.39 is 11.6 Å². The first-order chi connectivity index (χ1) is 13.0. The third-order valence-electron chi connectivity index (χ3n) is 4.07. The Hall–Kier alpha value is -2.51. The largest absolute Gasteiger partial charge is 0.493 e. The summed E-state index contributed by atoms with van der Waals surface area (Å²) in [5.41, 5.74) is 2.18. The standard InChI is InChI=1S/C20H20F2N2O2S/c1-24(10-13-7-8-14(21)9-17(13)22)11-15-12-27-20(23-15)16-5-4-6-18(25-2)19(16)26-3/h4-9,12H,10-11H2,1-3H3. The molecule has 0 fully saturated rings. The van der Waals surface area contributed by atoms with Crippen LogP contribution in [0.4, 0.5) is 8.78 Å². The minimum absolute atomic E-state index is 0.363. The van der Waals surface area contributed by atoms with Crippen LogP contribution in [0, 0.1) is 11.6 Å². The summed E-state index contributed by atoms with van der Waals surface area (Å²) in [4.78, 5) is 6.60. The number of hydrogen-bond acceptors (Lipinski definition) is 5. The van der Waals surface area contributed by atoms with Gasteiger partial charge in [-0.2, -0.15) is 0 Å². The molecule has 0 aliphatic rings. The van der Waals surface area contributed by atoms with Crippen LogP contribution in [0.1, 0.15) is 11.3 Å². The Morgan fingerprint density at radius 1 is 1.07 bits per heavy atom. The Kier molecular flexibility index (Phi) is 6.03. The van der Waals surface area contributed by atoms with Crippen LogP contribution in [0.15, 0.2) is 41.8 Å². The second-order valence-electron chi connectivity index (χ2n) is 6.09. The molecule has 1 heterocycles. The molecular weight excluding hydrogens is 370 g/mol. The number of thiazole rings is 1. The SMILES string of the molecule is COc1cccc(-c2nc(CN(C)Cc3ccc(F)cc3F)cs2)c1OC. The Morgan fingerprint density at radius 3 is 2.59 bits per heavy atom. The van der Waals surface area contributed by atoms with Crippen molar-refractivity contribution < 1.29 is 18.3 Å². The molecule has 0 bridgehead atoms. The molecule has 0 N–H and O–H groups in total. The van der Waals surface area contributed by atoms with Crippen molar-refractivity contribution in [1.29, 1.82) is 0 Å². The van der Waals surface area contributed by atoms with Crippen molar-refractivity contribution in [2.24, 2.45) is 0 Å². The monoisotopic (exact) mass is 390 g/mol. The number of ether oxygens (including phenoxy) is 2. The summed E-state index contributed by atoms with van der Waals surface area (Å²) in [7, 11) is 5.06. The maximum absolute atomic E-state index is 13.8. The first-order valence-electron chi connectivity index (χ1n) is 8.30. The molecule has 0 aliphatic carbocycles. The van der Waals surface area contributed by atoms with Crippen LogP contribution in [-0.4, -0.2) is 31.2 Å². The fourth-order valence-corrected chi connectivity index (χ4v) is 3.66. The second-order valence-corrected chi connectivity index (χ2v) is 6.95. The fraction of sp³-hybridized carbons (Fsp3) is 0.250. The Labute approximate surface area is 161 Å². The molecule has 0 saturated carbocycles. The van der Waals surface area contributed by atoms with Crippen molar-refractivity contribution in [3.05, 3.63) is 64.7 Å². The molecule has 0 radical (unpaired) electrons. The van der Waals surface area contributed by atoms with Gasteiger partial charge in [-0.3, -0.25) is 4.90 Å². The van der Waals surface area contributed by atoms with Crippen LogP contribution < -0.4 is 9.47 Å². The molecule has 0 atom stereocenters. The van der Waals surface area contributed by atoms with Crippen molar-refractivity contribution in [3.63, 3.8) is 0 Å². The number of nitrogens with zero attached hydrogens (tertiary/aromatic N) is 2. The van der Waals surface area contributed by atoms with Gasteiger partial charge in [-0.05, 0) is 25.2 Å². The van der Waals surface area contributed by atoms with Gasteiger partial charge < -0.3 is 9.47 Å². The summed E-state index contributed by atoms with van der Waals surface area (Å²) in [6.45, 7) is 0.904. The summed E-state index contributed by atoms with van der Waals surface area (Å²) in [5, 5.41) is 2.79.